The van der Waals surface area contributed by atoms with Crippen molar-refractivity contribution in [2.75, 3.05) is 19.6 Å². The van der Waals surface area contributed by atoms with E-state index in [1.807, 2.05) is 0 Å². The van der Waals surface area contributed by atoms with E-state index in [2.05, 4.69) is 10.6 Å². The number of hydrogen-bond donors (Lipinski definition) is 3. The van der Waals surface area contributed by atoms with Crippen LogP contribution in [0.5, 0.6) is 0 Å². The molecule has 0 aromatic carbocycles. The van der Waals surface area contributed by atoms with Crippen LogP contribution < -0.4 is 10.6 Å². The van der Waals surface area contributed by atoms with E-state index in [9.17, 15) is 0 Å². The zero-order chi connectivity index (χ0) is 8.81. The third kappa shape index (κ3) is 4.04. The fourth-order valence-corrected chi connectivity index (χ4v) is 1.56. The van der Waals surface area contributed by atoms with Gasteiger partial charge >= 0.3 is 0 Å². The zero-order valence-corrected chi connectivity index (χ0v) is 7.84. The van der Waals surface area contributed by atoms with Crippen LogP contribution in [-0.4, -0.2) is 36.9 Å². The topological polar surface area (TPSA) is 44.3 Å². The Morgan fingerprint density at radius 2 is 2.42 bits per heavy atom. The van der Waals surface area contributed by atoms with Crippen LogP contribution in [0.3, 0.4) is 0 Å². The quantitative estimate of drug-likeness (QED) is 0.563. The molecule has 3 nitrogen and oxygen atoms in total. The highest BCUT2D eigenvalue weighted by molar-refractivity contribution is 4.74. The lowest BCUT2D eigenvalue weighted by Gasteiger charge is -2.23. The van der Waals surface area contributed by atoms with Gasteiger partial charge in [0.2, 0.25) is 0 Å². The fourth-order valence-electron chi connectivity index (χ4n) is 1.56. The van der Waals surface area contributed by atoms with Crippen molar-refractivity contribution < 1.29 is 5.11 Å². The molecule has 0 spiro atoms. The third-order valence-electron chi connectivity index (χ3n) is 2.24. The molecule has 0 aromatic heterocycles. The largest absolute Gasteiger partial charge is 0.392 e. The molecule has 1 saturated heterocycles. The first-order valence-corrected chi connectivity index (χ1v) is 4.91. The van der Waals surface area contributed by atoms with Crippen molar-refractivity contribution in [3.63, 3.8) is 0 Å². The van der Waals surface area contributed by atoms with Crippen molar-refractivity contribution >= 4 is 0 Å². The number of aliphatic hydroxyl groups is 1. The Morgan fingerprint density at radius 1 is 1.58 bits per heavy atom. The maximum Gasteiger partial charge on any atom is 0.0636 e. The van der Waals surface area contributed by atoms with Gasteiger partial charge in [0, 0.05) is 19.1 Å². The Labute approximate surface area is 74.5 Å². The molecule has 0 radical (unpaired) electrons. The highest BCUT2D eigenvalue weighted by Crippen LogP contribution is 2.05. The number of piperidine rings is 1. The minimum atomic E-state index is -0.228. The molecule has 1 aliphatic rings. The molecule has 2 unspecified atom stereocenters. The van der Waals surface area contributed by atoms with E-state index in [1.165, 1.54) is 19.3 Å². The molecule has 0 bridgehead atoms. The van der Waals surface area contributed by atoms with Gasteiger partial charge in [0.15, 0.2) is 0 Å². The van der Waals surface area contributed by atoms with Gasteiger partial charge in [-0.3, -0.25) is 0 Å². The summed E-state index contributed by atoms with van der Waals surface area (Å²) in [6.07, 6.45) is 3.70. The van der Waals surface area contributed by atoms with Crippen molar-refractivity contribution in [1.29, 1.82) is 0 Å². The van der Waals surface area contributed by atoms with Crippen LogP contribution >= 0.6 is 0 Å². The molecular formula is C9H20N2O. The lowest BCUT2D eigenvalue weighted by atomic mass is 10.1. The Hall–Kier alpha value is -0.120. The molecular weight excluding hydrogens is 152 g/mol. The SMILES string of the molecule is CC(O)CNCC1CCCCN1. The molecule has 0 aromatic rings. The molecule has 1 rings (SSSR count). The average molecular weight is 172 g/mol. The molecule has 1 fully saturated rings. The van der Waals surface area contributed by atoms with Gasteiger partial charge in [-0.25, -0.2) is 0 Å². The molecule has 0 aliphatic carbocycles. The average Bonchev–Trinajstić information content (AvgIpc) is 2.05. The van der Waals surface area contributed by atoms with Crippen LogP contribution in [0, 0.1) is 0 Å². The fraction of sp³-hybridized carbons (Fsp3) is 1.00. The van der Waals surface area contributed by atoms with E-state index in [1.54, 1.807) is 6.92 Å². The molecule has 3 heteroatoms. The summed E-state index contributed by atoms with van der Waals surface area (Å²) in [6.45, 7) is 4.66. The standard InChI is InChI=1S/C9H20N2O/c1-8(12)6-10-7-9-4-2-3-5-11-9/h8-12H,2-7H2,1H3. The lowest BCUT2D eigenvalue weighted by molar-refractivity contribution is 0.189. The lowest BCUT2D eigenvalue weighted by Crippen LogP contribution is -2.43. The predicted octanol–water partition coefficient (Wildman–Crippen LogP) is 0.0989. The first kappa shape index (κ1) is 9.96. The first-order chi connectivity index (χ1) is 5.79. The van der Waals surface area contributed by atoms with E-state index in [0.29, 0.717) is 12.6 Å². The first-order valence-electron chi connectivity index (χ1n) is 4.91. The number of hydrogen-bond acceptors (Lipinski definition) is 3. The van der Waals surface area contributed by atoms with Crippen LogP contribution in [0.1, 0.15) is 26.2 Å². The van der Waals surface area contributed by atoms with Gasteiger partial charge in [0.25, 0.3) is 0 Å². The van der Waals surface area contributed by atoms with Gasteiger partial charge in [0.05, 0.1) is 6.10 Å². The van der Waals surface area contributed by atoms with Gasteiger partial charge in [-0.2, -0.15) is 0 Å². The molecule has 72 valence electrons. The van der Waals surface area contributed by atoms with Crippen LogP contribution in [-0.2, 0) is 0 Å². The molecule has 3 N–H and O–H groups in total. The summed E-state index contributed by atoms with van der Waals surface area (Å²) in [7, 11) is 0. The molecule has 0 saturated carbocycles. The summed E-state index contributed by atoms with van der Waals surface area (Å²) in [5.74, 6) is 0. The van der Waals surface area contributed by atoms with Crippen LogP contribution in [0.15, 0.2) is 0 Å². The molecule has 0 amide bonds. The predicted molar refractivity (Wildman–Crippen MR) is 50.2 cm³/mol. The summed E-state index contributed by atoms with van der Waals surface area (Å²) in [5.41, 5.74) is 0. The monoisotopic (exact) mass is 172 g/mol. The van der Waals surface area contributed by atoms with Crippen molar-refractivity contribution in [1.82, 2.24) is 10.6 Å². The van der Waals surface area contributed by atoms with Crippen molar-refractivity contribution in [3.8, 4) is 0 Å². The molecule has 1 aliphatic heterocycles. The second-order valence-corrected chi connectivity index (χ2v) is 3.65. The highest BCUT2D eigenvalue weighted by Gasteiger charge is 2.11. The number of nitrogens with one attached hydrogen (secondary N) is 2. The van der Waals surface area contributed by atoms with Crippen LogP contribution in [0.25, 0.3) is 0 Å². The number of aliphatic hydroxyl groups excluding tert-OH is 1. The second kappa shape index (κ2) is 5.51. The van der Waals surface area contributed by atoms with E-state index in [0.717, 1.165) is 13.1 Å². The Bertz CT molecular complexity index is 111. The van der Waals surface area contributed by atoms with Crippen LogP contribution in [0.2, 0.25) is 0 Å². The van der Waals surface area contributed by atoms with Gasteiger partial charge in [0.1, 0.15) is 0 Å². The summed E-state index contributed by atoms with van der Waals surface area (Å²) in [4.78, 5) is 0. The smallest absolute Gasteiger partial charge is 0.0636 e. The van der Waals surface area contributed by atoms with E-state index >= 15 is 0 Å². The van der Waals surface area contributed by atoms with E-state index in [4.69, 9.17) is 5.11 Å². The molecule has 2 atom stereocenters. The third-order valence-corrected chi connectivity index (χ3v) is 2.24. The van der Waals surface area contributed by atoms with Crippen molar-refractivity contribution in [3.05, 3.63) is 0 Å². The van der Waals surface area contributed by atoms with Gasteiger partial charge in [-0.15, -0.1) is 0 Å². The minimum absolute atomic E-state index is 0.228. The van der Waals surface area contributed by atoms with Crippen molar-refractivity contribution in [2.45, 2.75) is 38.3 Å². The minimum Gasteiger partial charge on any atom is -0.392 e. The summed E-state index contributed by atoms with van der Waals surface area (Å²) >= 11 is 0. The van der Waals surface area contributed by atoms with E-state index < -0.39 is 0 Å². The zero-order valence-electron chi connectivity index (χ0n) is 7.84. The maximum absolute atomic E-state index is 9.00. The normalized spacial score (nSPS) is 27.0. The van der Waals surface area contributed by atoms with Gasteiger partial charge in [-0.05, 0) is 26.3 Å². The van der Waals surface area contributed by atoms with Crippen LogP contribution in [0.4, 0.5) is 0 Å². The number of rotatable bonds is 4. The Morgan fingerprint density at radius 3 is 3.00 bits per heavy atom. The second-order valence-electron chi connectivity index (χ2n) is 3.65. The highest BCUT2D eigenvalue weighted by atomic mass is 16.3. The summed E-state index contributed by atoms with van der Waals surface area (Å²) < 4.78 is 0. The Kier molecular flexibility index (Phi) is 4.58. The summed E-state index contributed by atoms with van der Waals surface area (Å²) in [5, 5.41) is 15.7. The van der Waals surface area contributed by atoms with Gasteiger partial charge < -0.3 is 15.7 Å². The van der Waals surface area contributed by atoms with Gasteiger partial charge in [-0.1, -0.05) is 6.42 Å². The maximum atomic E-state index is 9.00. The molecule has 1 heterocycles. The van der Waals surface area contributed by atoms with Crippen molar-refractivity contribution in [2.24, 2.45) is 0 Å². The summed E-state index contributed by atoms with van der Waals surface area (Å²) in [6, 6.07) is 0.623. The Balaban J connectivity index is 1.98. The van der Waals surface area contributed by atoms with E-state index in [-0.39, 0.29) is 6.10 Å². The molecule has 12 heavy (non-hydrogen) atoms.